The summed E-state index contributed by atoms with van der Waals surface area (Å²) in [6, 6.07) is -3.08. The van der Waals surface area contributed by atoms with Crippen molar-refractivity contribution in [3.63, 3.8) is 0 Å². The Morgan fingerprint density at radius 1 is 0.957 bits per heavy atom. The number of hydrogen-bond donors (Lipinski definition) is 5. The smallest absolute Gasteiger partial charge is 0.315 e. The normalized spacial score (nSPS) is 22.4. The molecular formula is C34H61N5O6S2. The summed E-state index contributed by atoms with van der Waals surface area (Å²) in [5.74, 6) is -2.33. The number of Topliss-reactive ketones (excluding diaryl/α,β-unsaturated/α-hetero) is 1. The molecule has 0 spiro atoms. The highest BCUT2D eigenvalue weighted by molar-refractivity contribution is 7.84. The fourth-order valence-electron chi connectivity index (χ4n) is 6.91. The van der Waals surface area contributed by atoms with Crippen LogP contribution in [0.15, 0.2) is 0 Å². The van der Waals surface area contributed by atoms with Crippen LogP contribution in [0.5, 0.6) is 0 Å². The average molecular weight is 700 g/mol. The van der Waals surface area contributed by atoms with Crippen molar-refractivity contribution in [3.05, 3.63) is 0 Å². The first-order valence-corrected chi connectivity index (χ1v) is 19.7. The van der Waals surface area contributed by atoms with Crippen molar-refractivity contribution >= 4 is 53.0 Å². The minimum atomic E-state index is -1.10. The van der Waals surface area contributed by atoms with Crippen LogP contribution in [0.4, 0.5) is 4.79 Å². The van der Waals surface area contributed by atoms with E-state index in [1.807, 2.05) is 13.8 Å². The molecule has 0 bridgehead atoms. The molecule has 0 aromatic carbocycles. The van der Waals surface area contributed by atoms with Gasteiger partial charge in [-0.3, -0.25) is 23.4 Å². The molecule has 0 radical (unpaired) electrons. The van der Waals surface area contributed by atoms with E-state index in [1.54, 1.807) is 6.26 Å². The highest BCUT2D eigenvalue weighted by Gasteiger charge is 2.43. The van der Waals surface area contributed by atoms with Crippen LogP contribution in [-0.2, 0) is 30.0 Å². The topological polar surface area (TPSA) is 168 Å². The summed E-state index contributed by atoms with van der Waals surface area (Å²) >= 11 is 4.12. The first-order chi connectivity index (χ1) is 22.0. The van der Waals surface area contributed by atoms with Gasteiger partial charge >= 0.3 is 6.03 Å². The van der Waals surface area contributed by atoms with Gasteiger partial charge in [0.2, 0.25) is 17.6 Å². The Labute approximate surface area is 290 Å². The standard InChI is InChI=1S/C30H51N5O6S.C4H10S/c1-4-20(2)18-22(25(36)26(31)37)32-27(38)23-14-11-17-35(23)28(39)24(21-12-7-5-8-13-21)33-29(40)34-30(19-42(3)41)15-9-6-10-16-30;1-4(2,3)5/h20-24H,4-19H2,1-3H3,(H2,31,37)(H,32,38)(H2,33,34,40);5H,1-3H3/t20?,22?,23-,24?,42?;/m0./s1. The molecule has 2 aliphatic carbocycles. The molecule has 5 N–H and O–H groups in total. The lowest BCUT2D eigenvalue weighted by Gasteiger charge is -2.39. The predicted molar refractivity (Wildman–Crippen MR) is 190 cm³/mol. The zero-order valence-electron chi connectivity index (χ0n) is 29.5. The van der Waals surface area contributed by atoms with Crippen molar-refractivity contribution < 1.29 is 28.2 Å². The van der Waals surface area contributed by atoms with Crippen molar-refractivity contribution in [1.82, 2.24) is 20.9 Å². The van der Waals surface area contributed by atoms with E-state index in [4.69, 9.17) is 5.73 Å². The van der Waals surface area contributed by atoms with Crippen molar-refractivity contribution in [2.45, 2.75) is 153 Å². The number of rotatable bonds is 13. The van der Waals surface area contributed by atoms with Gasteiger partial charge in [0.05, 0.1) is 11.6 Å². The molecule has 3 fully saturated rings. The van der Waals surface area contributed by atoms with Crippen LogP contribution in [-0.4, -0.2) is 85.6 Å². The van der Waals surface area contributed by atoms with Gasteiger partial charge in [0.1, 0.15) is 12.1 Å². The number of hydrogen-bond acceptors (Lipinski definition) is 7. The second-order valence-corrected chi connectivity index (χ2v) is 17.7. The van der Waals surface area contributed by atoms with Gasteiger partial charge in [0, 0.05) is 34.1 Å². The number of nitrogens with zero attached hydrogens (tertiary/aromatic N) is 1. The Kier molecular flexibility index (Phi) is 16.7. The van der Waals surface area contributed by atoms with Crippen LogP contribution < -0.4 is 21.7 Å². The molecule has 2 saturated carbocycles. The molecule has 4 unspecified atom stereocenters. The molecule has 3 rings (SSSR count). The van der Waals surface area contributed by atoms with Gasteiger partial charge in [0.25, 0.3) is 5.91 Å². The SMILES string of the molecule is CC(C)(C)S.CCC(C)CC(NC(=O)[C@@H]1CCCN1C(=O)C(NC(=O)NC1(CS(C)=O)CCCCC1)C1CCCCC1)C(=O)C(N)=O. The first-order valence-electron chi connectivity index (χ1n) is 17.5. The van der Waals surface area contributed by atoms with Crippen LogP contribution in [0.2, 0.25) is 0 Å². The summed E-state index contributed by atoms with van der Waals surface area (Å²) in [4.78, 5) is 66.7. The molecule has 47 heavy (non-hydrogen) atoms. The number of urea groups is 1. The molecule has 270 valence electrons. The van der Waals surface area contributed by atoms with E-state index in [-0.39, 0.29) is 28.9 Å². The fraction of sp³-hybridized carbons (Fsp3) is 0.853. The van der Waals surface area contributed by atoms with E-state index < -0.39 is 58.1 Å². The van der Waals surface area contributed by atoms with Crippen LogP contribution in [0.3, 0.4) is 0 Å². The summed E-state index contributed by atoms with van der Waals surface area (Å²) in [7, 11) is -1.09. The molecule has 0 aromatic heterocycles. The van der Waals surface area contributed by atoms with Crippen LogP contribution in [0.25, 0.3) is 0 Å². The Hall–Kier alpha value is -2.15. The van der Waals surface area contributed by atoms with Crippen molar-refractivity contribution in [2.75, 3.05) is 18.6 Å². The second kappa shape index (κ2) is 19.1. The lowest BCUT2D eigenvalue weighted by atomic mass is 9.82. The maximum Gasteiger partial charge on any atom is 0.315 e. The maximum atomic E-state index is 14.1. The van der Waals surface area contributed by atoms with Crippen LogP contribution >= 0.6 is 12.6 Å². The zero-order valence-corrected chi connectivity index (χ0v) is 31.2. The van der Waals surface area contributed by atoms with E-state index in [0.29, 0.717) is 25.1 Å². The minimum Gasteiger partial charge on any atom is -0.363 e. The highest BCUT2D eigenvalue weighted by atomic mass is 32.2. The van der Waals surface area contributed by atoms with E-state index in [2.05, 4.69) is 49.4 Å². The Balaban J connectivity index is 0.00000142. The molecule has 0 aromatic rings. The fourth-order valence-corrected chi connectivity index (χ4v) is 8.05. The van der Waals surface area contributed by atoms with Crippen molar-refractivity contribution in [3.8, 4) is 0 Å². The largest absolute Gasteiger partial charge is 0.363 e. The summed E-state index contributed by atoms with van der Waals surface area (Å²) in [5, 5.41) is 8.81. The number of carbonyl (C=O) groups is 5. The molecule has 1 heterocycles. The molecule has 13 heteroatoms. The van der Waals surface area contributed by atoms with Gasteiger partial charge in [-0.15, -0.1) is 0 Å². The van der Waals surface area contributed by atoms with Gasteiger partial charge in [-0.05, 0) is 56.8 Å². The van der Waals surface area contributed by atoms with E-state index in [9.17, 15) is 28.2 Å². The third-order valence-electron chi connectivity index (χ3n) is 9.39. The van der Waals surface area contributed by atoms with E-state index in [0.717, 1.165) is 70.6 Å². The van der Waals surface area contributed by atoms with Gasteiger partial charge in [0.15, 0.2) is 0 Å². The number of carbonyl (C=O) groups excluding carboxylic acids is 5. The second-order valence-electron chi connectivity index (χ2n) is 14.9. The molecule has 5 atom stereocenters. The molecule has 1 aliphatic heterocycles. The maximum absolute atomic E-state index is 14.1. The summed E-state index contributed by atoms with van der Waals surface area (Å²) in [5.41, 5.74) is 4.70. The third kappa shape index (κ3) is 14.1. The Morgan fingerprint density at radius 3 is 2.06 bits per heavy atom. The summed E-state index contributed by atoms with van der Waals surface area (Å²) in [6.07, 6.45) is 12.8. The van der Waals surface area contributed by atoms with E-state index in [1.165, 1.54) is 4.90 Å². The van der Waals surface area contributed by atoms with Gasteiger partial charge < -0.3 is 26.6 Å². The lowest BCUT2D eigenvalue weighted by Crippen LogP contribution is -2.62. The monoisotopic (exact) mass is 699 g/mol. The number of nitrogens with two attached hydrogens (primary N) is 1. The first kappa shape index (κ1) is 41.0. The molecule has 11 nitrogen and oxygen atoms in total. The van der Waals surface area contributed by atoms with Gasteiger partial charge in [-0.25, -0.2) is 4.79 Å². The quantitative estimate of drug-likeness (QED) is 0.144. The summed E-state index contributed by atoms with van der Waals surface area (Å²) < 4.78 is 12.4. The molecule has 3 aliphatic rings. The molecule has 5 amide bonds. The number of primary amides is 1. The third-order valence-corrected chi connectivity index (χ3v) is 10.4. The van der Waals surface area contributed by atoms with Gasteiger partial charge in [-0.1, -0.05) is 79.6 Å². The number of amides is 5. The van der Waals surface area contributed by atoms with Crippen LogP contribution in [0.1, 0.15) is 125 Å². The zero-order chi connectivity index (χ0) is 35.4. The lowest BCUT2D eigenvalue weighted by molar-refractivity contribution is -0.143. The number of likely N-dealkylation sites (tertiary alicyclic amines) is 1. The average Bonchev–Trinajstić information content (AvgIpc) is 3.48. The van der Waals surface area contributed by atoms with Crippen molar-refractivity contribution in [1.29, 1.82) is 0 Å². The molecular weight excluding hydrogens is 639 g/mol. The summed E-state index contributed by atoms with van der Waals surface area (Å²) in [6.45, 7) is 10.4. The number of thiol groups is 1. The van der Waals surface area contributed by atoms with Crippen LogP contribution in [0, 0.1) is 11.8 Å². The van der Waals surface area contributed by atoms with E-state index >= 15 is 0 Å². The number of ketones is 1. The highest BCUT2D eigenvalue weighted by Crippen LogP contribution is 2.31. The predicted octanol–water partition coefficient (Wildman–Crippen LogP) is 4.00. The number of nitrogens with one attached hydrogen (secondary N) is 3. The Morgan fingerprint density at radius 2 is 1.53 bits per heavy atom. The van der Waals surface area contributed by atoms with Gasteiger partial charge in [-0.2, -0.15) is 12.6 Å². The molecule has 1 saturated heterocycles. The van der Waals surface area contributed by atoms with Crippen molar-refractivity contribution in [2.24, 2.45) is 17.6 Å². The Bertz CT molecular complexity index is 1100. The minimum absolute atomic E-state index is 0.0569.